The van der Waals surface area contributed by atoms with Gasteiger partial charge in [0.05, 0.1) is 12.2 Å². The Morgan fingerprint density at radius 2 is 2.00 bits per heavy atom. The molecule has 26 heavy (non-hydrogen) atoms. The fraction of sp³-hybridized carbons (Fsp3) is 0.235. The quantitative estimate of drug-likeness (QED) is 0.675. The molecule has 3 aromatic rings. The normalized spacial score (nSPS) is 10.8. The smallest absolute Gasteiger partial charge is 0.274 e. The minimum atomic E-state index is -0.802. The minimum absolute atomic E-state index is 0.0953. The van der Waals surface area contributed by atoms with Crippen LogP contribution in [0.25, 0.3) is 0 Å². The van der Waals surface area contributed by atoms with Gasteiger partial charge >= 0.3 is 0 Å². The van der Waals surface area contributed by atoms with Crippen molar-refractivity contribution in [3.63, 3.8) is 0 Å². The van der Waals surface area contributed by atoms with Crippen molar-refractivity contribution >= 4 is 5.91 Å². The van der Waals surface area contributed by atoms with Crippen molar-refractivity contribution in [2.45, 2.75) is 13.3 Å². The molecule has 2 heterocycles. The molecule has 0 aliphatic carbocycles. The third-order valence-corrected chi connectivity index (χ3v) is 3.62. The Labute approximate surface area is 148 Å². The fourth-order valence-electron chi connectivity index (χ4n) is 2.33. The summed E-state index contributed by atoms with van der Waals surface area (Å²) in [5.41, 5.74) is 0.990. The van der Waals surface area contributed by atoms with Crippen LogP contribution in [0.3, 0.4) is 0 Å². The molecule has 0 unspecified atom stereocenters. The molecule has 0 spiro atoms. The third kappa shape index (κ3) is 4.05. The number of benzene rings is 1. The molecule has 136 valence electrons. The van der Waals surface area contributed by atoms with E-state index in [9.17, 15) is 13.6 Å². The van der Waals surface area contributed by atoms with Gasteiger partial charge in [0.25, 0.3) is 5.91 Å². The Morgan fingerprint density at radius 3 is 2.69 bits per heavy atom. The van der Waals surface area contributed by atoms with Crippen LogP contribution in [0.4, 0.5) is 8.78 Å². The predicted octanol–water partition coefficient (Wildman–Crippen LogP) is 2.20. The number of halogens is 2. The van der Waals surface area contributed by atoms with Crippen LogP contribution in [0.2, 0.25) is 0 Å². The van der Waals surface area contributed by atoms with Gasteiger partial charge in [-0.15, -0.1) is 0 Å². The summed E-state index contributed by atoms with van der Waals surface area (Å²) in [7, 11) is 3.46. The zero-order chi connectivity index (χ0) is 18.7. The van der Waals surface area contributed by atoms with Crippen LogP contribution in [0, 0.1) is 11.6 Å². The van der Waals surface area contributed by atoms with Crippen molar-refractivity contribution in [2.75, 3.05) is 7.05 Å². The highest BCUT2D eigenvalue weighted by molar-refractivity contribution is 5.91. The second kappa shape index (κ2) is 7.34. The van der Waals surface area contributed by atoms with Gasteiger partial charge in [0.2, 0.25) is 0 Å². The zero-order valence-electron chi connectivity index (χ0n) is 14.3. The molecule has 0 aliphatic heterocycles. The Balaban J connectivity index is 1.60. The number of hydrogen-bond acceptors (Lipinski definition) is 4. The highest BCUT2D eigenvalue weighted by Gasteiger charge is 2.16. The van der Waals surface area contributed by atoms with Crippen LogP contribution in [-0.2, 0) is 20.3 Å². The summed E-state index contributed by atoms with van der Waals surface area (Å²) in [5, 5.41) is 8.34. The van der Waals surface area contributed by atoms with Gasteiger partial charge in [0.1, 0.15) is 5.82 Å². The van der Waals surface area contributed by atoms with E-state index in [4.69, 9.17) is 4.74 Å². The van der Waals surface area contributed by atoms with E-state index < -0.39 is 11.6 Å². The van der Waals surface area contributed by atoms with Gasteiger partial charge in [-0.2, -0.15) is 10.2 Å². The summed E-state index contributed by atoms with van der Waals surface area (Å²) < 4.78 is 34.7. The zero-order valence-corrected chi connectivity index (χ0v) is 14.3. The summed E-state index contributed by atoms with van der Waals surface area (Å²) in [6.45, 7) is 0.240. The molecule has 9 heteroatoms. The first kappa shape index (κ1) is 17.6. The minimum Gasteiger partial charge on any atom is -0.468 e. The van der Waals surface area contributed by atoms with Gasteiger partial charge in [0, 0.05) is 32.6 Å². The van der Waals surface area contributed by atoms with E-state index >= 15 is 0 Å². The van der Waals surface area contributed by atoms with Gasteiger partial charge in [-0.05, 0) is 24.3 Å². The first-order valence-electron chi connectivity index (χ1n) is 7.77. The summed E-state index contributed by atoms with van der Waals surface area (Å²) in [5.74, 6) is -1.86. The van der Waals surface area contributed by atoms with E-state index in [2.05, 4.69) is 10.2 Å². The second-order valence-electron chi connectivity index (χ2n) is 5.73. The predicted molar refractivity (Wildman–Crippen MR) is 88.2 cm³/mol. The first-order valence-corrected chi connectivity index (χ1v) is 7.77. The van der Waals surface area contributed by atoms with Crippen LogP contribution in [0.5, 0.6) is 5.75 Å². The lowest BCUT2D eigenvalue weighted by atomic mass is 10.3. The number of hydrogen-bond donors (Lipinski definition) is 0. The number of carbonyl (C=O) groups excluding carboxylic acids is 1. The lowest BCUT2D eigenvalue weighted by Gasteiger charge is -2.14. The average molecular weight is 361 g/mol. The third-order valence-electron chi connectivity index (χ3n) is 3.62. The highest BCUT2D eigenvalue weighted by Crippen LogP contribution is 2.18. The topological polar surface area (TPSA) is 65.2 Å². The fourth-order valence-corrected chi connectivity index (χ4v) is 2.33. The average Bonchev–Trinajstić information content (AvgIpc) is 3.22. The van der Waals surface area contributed by atoms with Crippen molar-refractivity contribution < 1.29 is 18.3 Å². The van der Waals surface area contributed by atoms with Crippen molar-refractivity contribution in [1.29, 1.82) is 0 Å². The summed E-state index contributed by atoms with van der Waals surface area (Å²) in [6, 6.07) is 6.40. The van der Waals surface area contributed by atoms with E-state index in [-0.39, 0.29) is 24.1 Å². The van der Waals surface area contributed by atoms with Gasteiger partial charge in [-0.3, -0.25) is 9.48 Å². The Kier molecular flexibility index (Phi) is 4.97. The molecule has 0 aliphatic rings. The van der Waals surface area contributed by atoms with Crippen molar-refractivity contribution in [3.05, 3.63) is 65.7 Å². The summed E-state index contributed by atoms with van der Waals surface area (Å²) in [6.07, 6.45) is 3.34. The molecule has 0 radical (unpaired) electrons. The molecule has 7 nitrogen and oxygen atoms in total. The van der Waals surface area contributed by atoms with Gasteiger partial charge < -0.3 is 9.64 Å². The van der Waals surface area contributed by atoms with Crippen LogP contribution >= 0.6 is 0 Å². The maximum Gasteiger partial charge on any atom is 0.274 e. The summed E-state index contributed by atoms with van der Waals surface area (Å²) >= 11 is 0. The summed E-state index contributed by atoms with van der Waals surface area (Å²) in [4.78, 5) is 13.9. The molecular weight excluding hydrogens is 344 g/mol. The number of aryl methyl sites for hydroxylation is 1. The molecule has 1 aromatic carbocycles. The number of rotatable bonds is 6. The Hall–Kier alpha value is -3.23. The van der Waals surface area contributed by atoms with Crippen molar-refractivity contribution in [3.8, 4) is 5.75 Å². The molecule has 0 saturated carbocycles. The Morgan fingerprint density at radius 1 is 1.19 bits per heavy atom. The molecule has 0 N–H and O–H groups in total. The molecule has 3 rings (SSSR count). The molecule has 0 saturated heterocycles. The molecule has 0 fully saturated rings. The van der Waals surface area contributed by atoms with E-state index in [1.54, 1.807) is 37.2 Å². The number of amides is 1. The van der Waals surface area contributed by atoms with E-state index in [1.807, 2.05) is 6.07 Å². The molecule has 2 aromatic heterocycles. The van der Waals surface area contributed by atoms with Crippen molar-refractivity contribution in [1.82, 2.24) is 24.5 Å². The SMILES string of the molecule is CN(Cc1ccn(C)n1)C(=O)c1ccn(COc2ccc(F)cc2F)n1. The van der Waals surface area contributed by atoms with Crippen LogP contribution in [0.1, 0.15) is 16.2 Å². The second-order valence-corrected chi connectivity index (χ2v) is 5.73. The van der Waals surface area contributed by atoms with Gasteiger partial charge in [-0.1, -0.05) is 0 Å². The monoisotopic (exact) mass is 361 g/mol. The van der Waals surface area contributed by atoms with Gasteiger partial charge in [0.15, 0.2) is 24.0 Å². The van der Waals surface area contributed by atoms with Gasteiger partial charge in [-0.25, -0.2) is 13.5 Å². The van der Waals surface area contributed by atoms with Crippen LogP contribution in [0.15, 0.2) is 42.7 Å². The Bertz CT molecular complexity index is 922. The largest absolute Gasteiger partial charge is 0.468 e. The maximum atomic E-state index is 13.5. The number of nitrogens with zero attached hydrogens (tertiary/aromatic N) is 5. The molecular formula is C17H17F2N5O2. The number of carbonyl (C=O) groups is 1. The maximum absolute atomic E-state index is 13.5. The highest BCUT2D eigenvalue weighted by atomic mass is 19.1. The molecule has 1 amide bonds. The van der Waals surface area contributed by atoms with E-state index in [0.29, 0.717) is 6.54 Å². The number of ether oxygens (including phenoxy) is 1. The number of aromatic nitrogens is 4. The standard InChI is InChI=1S/C17H17F2N5O2/c1-22(10-13-5-7-23(2)20-13)17(25)15-6-8-24(21-15)11-26-16-4-3-12(18)9-14(16)19/h3-9H,10-11H2,1-2H3. The van der Waals surface area contributed by atoms with Crippen LogP contribution < -0.4 is 4.74 Å². The lowest BCUT2D eigenvalue weighted by molar-refractivity contribution is 0.0775. The molecule has 0 atom stereocenters. The first-order chi connectivity index (χ1) is 12.4. The van der Waals surface area contributed by atoms with E-state index in [0.717, 1.165) is 17.8 Å². The van der Waals surface area contributed by atoms with Crippen molar-refractivity contribution in [2.24, 2.45) is 7.05 Å². The lowest BCUT2D eigenvalue weighted by Crippen LogP contribution is -2.27. The van der Waals surface area contributed by atoms with Crippen LogP contribution in [-0.4, -0.2) is 37.4 Å². The molecule has 0 bridgehead atoms. The van der Waals surface area contributed by atoms with E-state index in [1.165, 1.54) is 15.6 Å².